The number of urea groups is 1. The lowest BCUT2D eigenvalue weighted by atomic mass is 9.99. The number of fused-ring (bicyclic) bond motifs is 1. The van der Waals surface area contributed by atoms with Gasteiger partial charge in [0.05, 0.1) is 6.04 Å². The molecule has 4 rings (SSSR count). The number of benzene rings is 2. The maximum absolute atomic E-state index is 14.1. The van der Waals surface area contributed by atoms with Gasteiger partial charge in [-0.05, 0) is 67.3 Å². The summed E-state index contributed by atoms with van der Waals surface area (Å²) >= 11 is 0. The predicted octanol–water partition coefficient (Wildman–Crippen LogP) is 5.62. The molecule has 1 atom stereocenters. The number of carbonyl (C=O) groups is 2. The van der Waals surface area contributed by atoms with Crippen molar-refractivity contribution in [2.24, 2.45) is 0 Å². The topological polar surface area (TPSA) is 57.6 Å². The monoisotopic (exact) mass is 476 g/mol. The highest BCUT2D eigenvalue weighted by atomic mass is 19.1. The summed E-state index contributed by atoms with van der Waals surface area (Å²) in [6.07, 6.45) is 1.97. The lowest BCUT2D eigenvalue weighted by Gasteiger charge is -2.39. The standard InChI is InChI=1S/C28H33FN4O2/c1-19(2)21-10-12-24(13-11-21)30-28(35)33(20(3)4)18-26(34)32-16-15-31-14-6-9-25(31)27(32)22-7-5-8-23(29)17-22/h5-14,17,19-20,27H,15-16,18H2,1-4H3,(H,30,35). The Morgan fingerprint density at radius 1 is 1.03 bits per heavy atom. The summed E-state index contributed by atoms with van der Waals surface area (Å²) in [7, 11) is 0. The minimum atomic E-state index is -0.414. The molecule has 1 N–H and O–H groups in total. The first-order chi connectivity index (χ1) is 16.7. The fourth-order valence-corrected chi connectivity index (χ4v) is 4.55. The predicted molar refractivity (Wildman–Crippen MR) is 136 cm³/mol. The molecule has 1 aliphatic rings. The average Bonchev–Trinajstić information content (AvgIpc) is 3.30. The summed E-state index contributed by atoms with van der Waals surface area (Å²) in [6.45, 7) is 9.07. The van der Waals surface area contributed by atoms with Gasteiger partial charge in [-0.2, -0.15) is 0 Å². The number of hydrogen-bond donors (Lipinski definition) is 1. The van der Waals surface area contributed by atoms with Gasteiger partial charge in [-0.15, -0.1) is 0 Å². The SMILES string of the molecule is CC(C)c1ccc(NC(=O)N(CC(=O)N2CCn3cccc3C2c2cccc(F)c2)C(C)C)cc1. The molecule has 1 aromatic heterocycles. The molecule has 1 aliphatic heterocycles. The van der Waals surface area contributed by atoms with Crippen molar-refractivity contribution >= 4 is 17.6 Å². The molecule has 0 spiro atoms. The van der Waals surface area contributed by atoms with Crippen LogP contribution in [0.2, 0.25) is 0 Å². The highest BCUT2D eigenvalue weighted by Gasteiger charge is 2.34. The van der Waals surface area contributed by atoms with E-state index in [-0.39, 0.29) is 30.3 Å². The second-order valence-electron chi connectivity index (χ2n) is 9.60. The van der Waals surface area contributed by atoms with Crippen molar-refractivity contribution in [3.8, 4) is 0 Å². The van der Waals surface area contributed by atoms with Crippen LogP contribution in [0.5, 0.6) is 0 Å². The fourth-order valence-electron chi connectivity index (χ4n) is 4.55. The summed E-state index contributed by atoms with van der Waals surface area (Å²) in [4.78, 5) is 30.0. The second-order valence-corrected chi connectivity index (χ2v) is 9.60. The third-order valence-corrected chi connectivity index (χ3v) is 6.54. The molecule has 0 saturated heterocycles. The number of rotatable bonds is 6. The van der Waals surface area contributed by atoms with E-state index in [1.165, 1.54) is 22.6 Å². The molecule has 2 heterocycles. The molecule has 0 saturated carbocycles. The van der Waals surface area contributed by atoms with E-state index in [2.05, 4.69) is 23.7 Å². The molecule has 184 valence electrons. The maximum Gasteiger partial charge on any atom is 0.322 e. The number of nitrogens with one attached hydrogen (secondary N) is 1. The quantitative estimate of drug-likeness (QED) is 0.502. The van der Waals surface area contributed by atoms with Crippen molar-refractivity contribution in [1.82, 2.24) is 14.4 Å². The minimum Gasteiger partial charge on any atom is -0.348 e. The minimum absolute atomic E-state index is 0.0693. The molecule has 6 nitrogen and oxygen atoms in total. The molecule has 0 fully saturated rings. The number of anilines is 1. The molecule has 35 heavy (non-hydrogen) atoms. The van der Waals surface area contributed by atoms with Crippen LogP contribution in [0.25, 0.3) is 0 Å². The Balaban J connectivity index is 1.54. The Hall–Kier alpha value is -3.61. The van der Waals surface area contributed by atoms with Gasteiger partial charge in [-0.25, -0.2) is 9.18 Å². The Morgan fingerprint density at radius 2 is 1.77 bits per heavy atom. The van der Waals surface area contributed by atoms with Crippen molar-refractivity contribution in [2.75, 3.05) is 18.4 Å². The Morgan fingerprint density at radius 3 is 2.43 bits per heavy atom. The second kappa shape index (κ2) is 10.3. The van der Waals surface area contributed by atoms with Crippen LogP contribution in [0.15, 0.2) is 66.9 Å². The largest absolute Gasteiger partial charge is 0.348 e. The highest BCUT2D eigenvalue weighted by molar-refractivity contribution is 5.92. The lowest BCUT2D eigenvalue weighted by molar-refractivity contribution is -0.134. The van der Waals surface area contributed by atoms with E-state index in [0.717, 1.165) is 5.69 Å². The molecule has 1 unspecified atom stereocenters. The Kier molecular flexibility index (Phi) is 7.24. The van der Waals surface area contributed by atoms with Crippen LogP contribution in [-0.4, -0.2) is 45.4 Å². The summed E-state index contributed by atoms with van der Waals surface area (Å²) in [6, 6.07) is 17.1. The zero-order valence-electron chi connectivity index (χ0n) is 20.7. The van der Waals surface area contributed by atoms with Gasteiger partial charge in [-0.3, -0.25) is 4.79 Å². The van der Waals surface area contributed by atoms with E-state index < -0.39 is 6.04 Å². The third kappa shape index (κ3) is 5.39. The van der Waals surface area contributed by atoms with Crippen LogP contribution in [0, 0.1) is 5.82 Å². The Labute approximate surface area is 206 Å². The van der Waals surface area contributed by atoms with Gasteiger partial charge in [0.25, 0.3) is 0 Å². The molecular weight excluding hydrogens is 443 g/mol. The molecule has 0 aliphatic carbocycles. The molecular formula is C28H33FN4O2. The smallest absolute Gasteiger partial charge is 0.322 e. The number of amides is 3. The van der Waals surface area contributed by atoms with E-state index in [4.69, 9.17) is 0 Å². The lowest BCUT2D eigenvalue weighted by Crippen LogP contribution is -2.50. The fraction of sp³-hybridized carbons (Fsp3) is 0.357. The van der Waals surface area contributed by atoms with E-state index in [1.54, 1.807) is 11.0 Å². The zero-order valence-corrected chi connectivity index (χ0v) is 20.7. The van der Waals surface area contributed by atoms with Crippen molar-refractivity contribution in [1.29, 1.82) is 0 Å². The number of hydrogen-bond acceptors (Lipinski definition) is 2. The average molecular weight is 477 g/mol. The van der Waals surface area contributed by atoms with Gasteiger partial charge in [-0.1, -0.05) is 38.1 Å². The van der Waals surface area contributed by atoms with Crippen LogP contribution in [0.3, 0.4) is 0 Å². The van der Waals surface area contributed by atoms with Gasteiger partial charge < -0.3 is 19.7 Å². The van der Waals surface area contributed by atoms with Crippen molar-refractivity contribution in [3.05, 3.63) is 89.5 Å². The van der Waals surface area contributed by atoms with Gasteiger partial charge >= 0.3 is 6.03 Å². The van der Waals surface area contributed by atoms with Crippen LogP contribution in [0.4, 0.5) is 14.9 Å². The Bertz CT molecular complexity index is 1190. The molecule has 3 amide bonds. The number of nitrogens with zero attached hydrogens (tertiary/aromatic N) is 3. The summed E-state index contributed by atoms with van der Waals surface area (Å²) in [5.41, 5.74) is 3.52. The number of carbonyl (C=O) groups excluding carboxylic acids is 2. The number of halogens is 1. The van der Waals surface area contributed by atoms with Crippen LogP contribution in [0.1, 0.15) is 56.5 Å². The summed E-state index contributed by atoms with van der Waals surface area (Å²) in [5, 5.41) is 2.92. The molecule has 3 aromatic rings. The summed E-state index contributed by atoms with van der Waals surface area (Å²) < 4.78 is 16.2. The van der Waals surface area contributed by atoms with E-state index >= 15 is 0 Å². The molecule has 0 bridgehead atoms. The van der Waals surface area contributed by atoms with Crippen LogP contribution >= 0.6 is 0 Å². The van der Waals surface area contributed by atoms with Gasteiger partial charge in [0.2, 0.25) is 5.91 Å². The van der Waals surface area contributed by atoms with Crippen molar-refractivity contribution in [3.63, 3.8) is 0 Å². The third-order valence-electron chi connectivity index (χ3n) is 6.54. The van der Waals surface area contributed by atoms with E-state index in [0.29, 0.717) is 30.3 Å². The first-order valence-corrected chi connectivity index (χ1v) is 12.1. The van der Waals surface area contributed by atoms with Crippen molar-refractivity contribution in [2.45, 2.75) is 52.2 Å². The first kappa shape index (κ1) is 24.5. The maximum atomic E-state index is 14.1. The first-order valence-electron chi connectivity index (χ1n) is 12.1. The van der Waals surface area contributed by atoms with E-state index in [9.17, 15) is 14.0 Å². The number of aromatic nitrogens is 1. The van der Waals surface area contributed by atoms with E-state index in [1.807, 2.05) is 62.5 Å². The van der Waals surface area contributed by atoms with Gasteiger partial charge in [0, 0.05) is 36.7 Å². The van der Waals surface area contributed by atoms with Crippen molar-refractivity contribution < 1.29 is 14.0 Å². The normalized spacial score (nSPS) is 15.3. The molecule has 7 heteroatoms. The molecule has 2 aromatic carbocycles. The zero-order chi connectivity index (χ0) is 25.1. The van der Waals surface area contributed by atoms with Crippen LogP contribution in [-0.2, 0) is 11.3 Å². The highest BCUT2D eigenvalue weighted by Crippen LogP contribution is 2.33. The molecule has 0 radical (unpaired) electrons. The van der Waals surface area contributed by atoms with Crippen LogP contribution < -0.4 is 5.32 Å². The van der Waals surface area contributed by atoms with Gasteiger partial charge in [0.15, 0.2) is 0 Å². The summed E-state index contributed by atoms with van der Waals surface area (Å²) in [5.74, 6) is -0.114. The van der Waals surface area contributed by atoms with Gasteiger partial charge in [0.1, 0.15) is 12.4 Å².